The highest BCUT2D eigenvalue weighted by atomic mass is 19.4. The van der Waals surface area contributed by atoms with Gasteiger partial charge in [-0.2, -0.15) is 23.5 Å². The molecule has 2 N–H and O–H groups in total. The fourth-order valence-corrected chi connectivity index (χ4v) is 7.80. The molecule has 46 heavy (non-hydrogen) atoms. The minimum Gasteiger partial charge on any atom is -0.380 e. The summed E-state index contributed by atoms with van der Waals surface area (Å²) in [6.07, 6.45) is 6.23. The highest BCUT2D eigenvalue weighted by Crippen LogP contribution is 2.46. The van der Waals surface area contributed by atoms with Crippen LogP contribution in [0.25, 0.3) is 22.3 Å². The lowest BCUT2D eigenvalue weighted by molar-refractivity contribution is -0.191. The number of aromatic nitrogens is 6. The van der Waals surface area contributed by atoms with Crippen molar-refractivity contribution in [3.63, 3.8) is 0 Å². The van der Waals surface area contributed by atoms with E-state index in [1.165, 1.54) is 12.4 Å². The number of hydrogen-bond donors (Lipinski definition) is 2. The number of fused-ring (bicyclic) bond motifs is 1. The first-order valence-electron chi connectivity index (χ1n) is 15.8. The number of likely N-dealkylation sites (tertiary alicyclic amines) is 2. The summed E-state index contributed by atoms with van der Waals surface area (Å²) < 4.78 is 48.5. The molecule has 240 valence electrons. The number of nitriles is 1. The number of rotatable bonds is 8. The zero-order valence-electron chi connectivity index (χ0n) is 25.3. The highest BCUT2D eigenvalue weighted by Gasteiger charge is 2.50. The lowest BCUT2D eigenvalue weighted by Crippen LogP contribution is -2.65. The van der Waals surface area contributed by atoms with E-state index in [0.717, 1.165) is 87.4 Å². The largest absolute Gasteiger partial charge is 0.433 e. The molecule has 4 aromatic heterocycles. The van der Waals surface area contributed by atoms with Gasteiger partial charge in [-0.1, -0.05) is 0 Å². The van der Waals surface area contributed by atoms with Gasteiger partial charge in [0.25, 0.3) is 0 Å². The van der Waals surface area contributed by atoms with E-state index in [1.54, 1.807) is 12.3 Å². The van der Waals surface area contributed by atoms with Gasteiger partial charge in [0.05, 0.1) is 43.1 Å². The van der Waals surface area contributed by atoms with E-state index in [-0.39, 0.29) is 22.8 Å². The molecule has 11 nitrogen and oxygen atoms in total. The normalized spacial score (nSPS) is 25.1. The molecule has 0 aromatic carbocycles. The van der Waals surface area contributed by atoms with Crippen LogP contribution in [0.4, 0.5) is 19.0 Å². The van der Waals surface area contributed by atoms with Gasteiger partial charge in [0, 0.05) is 73.6 Å². The van der Waals surface area contributed by atoms with Crippen LogP contribution < -0.4 is 5.32 Å². The van der Waals surface area contributed by atoms with Crippen molar-refractivity contribution in [2.24, 2.45) is 5.41 Å². The summed E-state index contributed by atoms with van der Waals surface area (Å²) in [6.45, 7) is 5.32. The number of H-pyrrole nitrogens is 1. The Bertz CT molecular complexity index is 1770. The first-order chi connectivity index (χ1) is 22.2. The van der Waals surface area contributed by atoms with E-state index in [9.17, 15) is 18.4 Å². The maximum absolute atomic E-state index is 13.7. The molecule has 8 rings (SSSR count). The summed E-state index contributed by atoms with van der Waals surface area (Å²) >= 11 is 0. The van der Waals surface area contributed by atoms with Crippen LogP contribution in [0.5, 0.6) is 0 Å². The molecule has 14 heteroatoms. The molecule has 3 saturated heterocycles. The topological polar surface area (TPSA) is 124 Å². The van der Waals surface area contributed by atoms with Crippen LogP contribution in [-0.4, -0.2) is 91.0 Å². The van der Waals surface area contributed by atoms with Gasteiger partial charge in [0.1, 0.15) is 23.5 Å². The molecule has 0 bridgehead atoms. The van der Waals surface area contributed by atoms with Gasteiger partial charge in [-0.15, -0.1) is 0 Å². The van der Waals surface area contributed by atoms with Gasteiger partial charge in [-0.3, -0.25) is 9.58 Å². The number of alkyl halides is 3. The lowest BCUT2D eigenvalue weighted by atomic mass is 9.69. The molecule has 0 unspecified atom stereocenters. The summed E-state index contributed by atoms with van der Waals surface area (Å²) in [5, 5.41) is 18.6. The van der Waals surface area contributed by atoms with Crippen LogP contribution in [0.2, 0.25) is 0 Å². The third kappa shape index (κ3) is 5.30. The van der Waals surface area contributed by atoms with Crippen molar-refractivity contribution in [2.45, 2.75) is 62.4 Å². The van der Waals surface area contributed by atoms with E-state index in [1.807, 2.05) is 23.1 Å². The van der Waals surface area contributed by atoms with Crippen LogP contribution in [-0.2, 0) is 23.0 Å². The van der Waals surface area contributed by atoms with Gasteiger partial charge < -0.3 is 19.9 Å². The maximum atomic E-state index is 13.7. The molecule has 4 fully saturated rings. The van der Waals surface area contributed by atoms with Gasteiger partial charge in [0.15, 0.2) is 0 Å². The molecule has 4 aliphatic rings. The summed E-state index contributed by atoms with van der Waals surface area (Å²) in [7, 11) is 0. The van der Waals surface area contributed by atoms with Crippen LogP contribution >= 0.6 is 0 Å². The Morgan fingerprint density at radius 2 is 1.93 bits per heavy atom. The monoisotopic (exact) mass is 632 g/mol. The lowest BCUT2D eigenvalue weighted by Gasteiger charge is -2.55. The zero-order chi connectivity index (χ0) is 31.5. The molecule has 4 aromatic rings. The second-order valence-electron chi connectivity index (χ2n) is 13.6. The SMILES string of the molecule is N#CC[C@]1(n2cc(-c3ncnc4[nH]ccc34)cn2)C[C@H](N2CCC(Nc3cc(CN4CC5(COC5)C4)cc(C(F)(F)F)n3)CC2)C1. The van der Waals surface area contributed by atoms with Crippen LogP contribution in [0.3, 0.4) is 0 Å². The van der Waals surface area contributed by atoms with Crippen molar-refractivity contribution in [2.75, 3.05) is 44.7 Å². The third-order valence-corrected chi connectivity index (χ3v) is 10.2. The Hall–Kier alpha value is -4.06. The van der Waals surface area contributed by atoms with Crippen LogP contribution in [0, 0.1) is 16.7 Å². The number of pyridine rings is 1. The Morgan fingerprint density at radius 3 is 2.65 bits per heavy atom. The molecule has 7 heterocycles. The number of aromatic amines is 1. The van der Waals surface area contributed by atoms with E-state index in [0.29, 0.717) is 24.6 Å². The second-order valence-corrected chi connectivity index (χ2v) is 13.6. The molecule has 0 amide bonds. The average Bonchev–Trinajstić information content (AvgIpc) is 3.66. The molecular formula is C32H35F3N10O. The standard InChI is InChI=1S/C32H35F3N10O/c33-32(34,35)26-9-21(14-43-16-30(17-43)18-46-19-30)10-27(42-26)41-23-2-7-44(8-3-23)24-11-31(12-24,4-5-36)45-15-22(13-40-45)28-25-1-6-37-29(25)39-20-38-28/h1,6,9-10,13,15,20,23-24H,2-4,7-8,11-12,14,16-19H2,(H,41,42)(H,37,38,39)/t24-,31-. The summed E-state index contributed by atoms with van der Waals surface area (Å²) in [5.41, 5.74) is 2.05. The van der Waals surface area contributed by atoms with Crippen molar-refractivity contribution >= 4 is 16.9 Å². The van der Waals surface area contributed by atoms with E-state index >= 15 is 0 Å². The average molecular weight is 633 g/mol. The number of piperidine rings is 1. The first-order valence-corrected chi connectivity index (χ1v) is 15.8. The number of ether oxygens (including phenoxy) is 1. The Labute approximate surface area is 263 Å². The van der Waals surface area contributed by atoms with Gasteiger partial charge in [-0.05, 0) is 49.4 Å². The van der Waals surface area contributed by atoms with E-state index in [2.05, 4.69) is 46.2 Å². The predicted octanol–water partition coefficient (Wildman–Crippen LogP) is 4.42. The van der Waals surface area contributed by atoms with Crippen molar-refractivity contribution in [3.05, 3.63) is 54.4 Å². The smallest absolute Gasteiger partial charge is 0.380 e. The Balaban J connectivity index is 0.893. The molecule has 0 radical (unpaired) electrons. The zero-order valence-corrected chi connectivity index (χ0v) is 25.3. The molecular weight excluding hydrogens is 597 g/mol. The van der Waals surface area contributed by atoms with Gasteiger partial charge in [-0.25, -0.2) is 15.0 Å². The minimum absolute atomic E-state index is 0.0373. The van der Waals surface area contributed by atoms with Gasteiger partial charge in [0.2, 0.25) is 0 Å². The van der Waals surface area contributed by atoms with E-state index in [4.69, 9.17) is 4.74 Å². The number of hydrogen-bond acceptors (Lipinski definition) is 9. The maximum Gasteiger partial charge on any atom is 0.433 e. The minimum atomic E-state index is -4.51. The predicted molar refractivity (Wildman–Crippen MR) is 162 cm³/mol. The fourth-order valence-electron chi connectivity index (χ4n) is 7.80. The first kappa shape index (κ1) is 29.3. The Kier molecular flexibility index (Phi) is 7.04. The molecule has 3 aliphatic heterocycles. The van der Waals surface area contributed by atoms with Crippen molar-refractivity contribution in [3.8, 4) is 17.3 Å². The molecule has 1 saturated carbocycles. The Morgan fingerprint density at radius 1 is 1.13 bits per heavy atom. The molecule has 0 atom stereocenters. The fraction of sp³-hybridized carbons (Fsp3) is 0.531. The molecule has 1 aliphatic carbocycles. The molecule has 1 spiro atoms. The summed E-state index contributed by atoms with van der Waals surface area (Å²) in [6, 6.07) is 7.62. The highest BCUT2D eigenvalue weighted by molar-refractivity contribution is 5.90. The number of anilines is 1. The van der Waals surface area contributed by atoms with Crippen molar-refractivity contribution < 1.29 is 17.9 Å². The quantitative estimate of drug-likeness (QED) is 0.291. The van der Waals surface area contributed by atoms with Crippen molar-refractivity contribution in [1.29, 1.82) is 5.26 Å². The van der Waals surface area contributed by atoms with E-state index < -0.39 is 11.9 Å². The summed E-state index contributed by atoms with van der Waals surface area (Å²) in [4.78, 5) is 20.4. The van der Waals surface area contributed by atoms with Gasteiger partial charge >= 0.3 is 6.18 Å². The third-order valence-electron chi connectivity index (χ3n) is 10.2. The van der Waals surface area contributed by atoms with Crippen molar-refractivity contribution in [1.82, 2.24) is 39.5 Å². The summed E-state index contributed by atoms with van der Waals surface area (Å²) in [5.74, 6) is 0.289. The number of nitrogens with zero attached hydrogens (tertiary/aromatic N) is 8. The number of nitrogens with one attached hydrogen (secondary N) is 2. The van der Waals surface area contributed by atoms with Crippen LogP contribution in [0.1, 0.15) is 43.4 Å². The van der Waals surface area contributed by atoms with Crippen LogP contribution in [0.15, 0.2) is 43.1 Å². The second kappa shape index (κ2) is 11.0. The number of halogens is 3.